The molecule has 72 valence electrons. The highest BCUT2D eigenvalue weighted by Crippen LogP contribution is 2.35. The Kier molecular flexibility index (Phi) is 2.93. The van der Waals surface area contributed by atoms with Crippen molar-refractivity contribution in [2.75, 3.05) is 5.75 Å². The molecule has 2 rings (SSSR count). The zero-order valence-corrected chi connectivity index (χ0v) is 8.22. The molecule has 1 saturated heterocycles. The number of nitrogens with one attached hydrogen (secondary N) is 1. The molecule has 4 heteroatoms. The molecule has 3 N–H and O–H groups in total. The molecule has 0 amide bonds. The van der Waals surface area contributed by atoms with Crippen LogP contribution in [0.4, 0.5) is 0 Å². The van der Waals surface area contributed by atoms with Gasteiger partial charge in [0, 0.05) is 10.8 Å². The molecule has 13 heavy (non-hydrogen) atoms. The van der Waals surface area contributed by atoms with Crippen molar-refractivity contribution in [2.24, 2.45) is 5.84 Å². The highest BCUT2D eigenvalue weighted by molar-refractivity contribution is 8.00. The van der Waals surface area contributed by atoms with Crippen molar-refractivity contribution < 1.29 is 4.42 Å². The van der Waals surface area contributed by atoms with Crippen LogP contribution in [0, 0.1) is 0 Å². The normalized spacial score (nSPS) is 24.8. The van der Waals surface area contributed by atoms with Crippen LogP contribution < -0.4 is 11.3 Å². The van der Waals surface area contributed by atoms with E-state index in [1.165, 1.54) is 18.6 Å². The molecular formula is C9H14N2OS. The maximum absolute atomic E-state index is 5.54. The topological polar surface area (TPSA) is 51.2 Å². The van der Waals surface area contributed by atoms with Crippen LogP contribution in [0.2, 0.25) is 0 Å². The van der Waals surface area contributed by atoms with Gasteiger partial charge in [0.2, 0.25) is 0 Å². The number of hydrogen-bond acceptors (Lipinski definition) is 4. The zero-order valence-electron chi connectivity index (χ0n) is 7.40. The molecular weight excluding hydrogens is 184 g/mol. The largest absolute Gasteiger partial charge is 0.472 e. The maximum atomic E-state index is 5.54. The predicted octanol–water partition coefficient (Wildman–Crippen LogP) is 1.68. The van der Waals surface area contributed by atoms with E-state index in [1.807, 2.05) is 17.8 Å². The Balaban J connectivity index is 2.08. The van der Waals surface area contributed by atoms with E-state index >= 15 is 0 Å². The Bertz CT molecular complexity index is 244. The number of thioether (sulfide) groups is 1. The molecule has 1 aromatic rings. The molecule has 1 fully saturated rings. The standard InChI is InChI=1S/C9H14N2OS/c10-11-9(7-3-4-12-6-7)8-2-1-5-13-8/h3-4,6,8-9,11H,1-2,5,10H2. The van der Waals surface area contributed by atoms with Crippen molar-refractivity contribution in [1.29, 1.82) is 0 Å². The highest BCUT2D eigenvalue weighted by atomic mass is 32.2. The first-order valence-corrected chi connectivity index (χ1v) is 5.56. The maximum Gasteiger partial charge on any atom is 0.0951 e. The Labute approximate surface area is 82.0 Å². The van der Waals surface area contributed by atoms with Crippen LogP contribution in [0.3, 0.4) is 0 Å². The molecule has 1 aliphatic heterocycles. The van der Waals surface area contributed by atoms with Gasteiger partial charge in [-0.2, -0.15) is 11.8 Å². The molecule has 2 atom stereocenters. The van der Waals surface area contributed by atoms with Crippen LogP contribution >= 0.6 is 11.8 Å². The van der Waals surface area contributed by atoms with Crippen LogP contribution in [0.1, 0.15) is 24.4 Å². The Hall–Kier alpha value is -0.450. The highest BCUT2D eigenvalue weighted by Gasteiger charge is 2.26. The van der Waals surface area contributed by atoms with E-state index in [-0.39, 0.29) is 6.04 Å². The SMILES string of the molecule is NNC(c1ccoc1)C1CCCS1. The summed E-state index contributed by atoms with van der Waals surface area (Å²) in [5, 5.41) is 0.600. The van der Waals surface area contributed by atoms with Gasteiger partial charge in [0.15, 0.2) is 0 Å². The number of hydrogen-bond donors (Lipinski definition) is 2. The summed E-state index contributed by atoms with van der Waals surface area (Å²) in [5.74, 6) is 6.79. The van der Waals surface area contributed by atoms with Crippen LogP contribution in [0.5, 0.6) is 0 Å². The smallest absolute Gasteiger partial charge is 0.0951 e. The summed E-state index contributed by atoms with van der Waals surface area (Å²) in [7, 11) is 0. The molecule has 2 unspecified atom stereocenters. The van der Waals surface area contributed by atoms with E-state index in [9.17, 15) is 0 Å². The van der Waals surface area contributed by atoms with Gasteiger partial charge in [-0.05, 0) is 24.7 Å². The fourth-order valence-corrected chi connectivity index (χ4v) is 3.13. The fourth-order valence-electron chi connectivity index (χ4n) is 1.74. The minimum atomic E-state index is 0.242. The summed E-state index contributed by atoms with van der Waals surface area (Å²) < 4.78 is 5.05. The number of nitrogens with two attached hydrogens (primary N) is 1. The van der Waals surface area contributed by atoms with Crippen molar-refractivity contribution in [3.63, 3.8) is 0 Å². The molecule has 0 saturated carbocycles. The summed E-state index contributed by atoms with van der Waals surface area (Å²) in [6, 6.07) is 2.22. The van der Waals surface area contributed by atoms with Crippen molar-refractivity contribution in [2.45, 2.75) is 24.1 Å². The lowest BCUT2D eigenvalue weighted by Crippen LogP contribution is -2.33. The van der Waals surface area contributed by atoms with Gasteiger partial charge in [0.25, 0.3) is 0 Å². The van der Waals surface area contributed by atoms with Gasteiger partial charge < -0.3 is 4.42 Å². The van der Waals surface area contributed by atoms with Gasteiger partial charge in [-0.25, -0.2) is 0 Å². The van der Waals surface area contributed by atoms with Crippen LogP contribution in [-0.4, -0.2) is 11.0 Å². The molecule has 2 heterocycles. The second-order valence-electron chi connectivity index (χ2n) is 3.25. The third-order valence-electron chi connectivity index (χ3n) is 2.42. The average molecular weight is 198 g/mol. The first kappa shape index (κ1) is 9.12. The van der Waals surface area contributed by atoms with Gasteiger partial charge in [-0.3, -0.25) is 11.3 Å². The first-order chi connectivity index (χ1) is 6.42. The minimum Gasteiger partial charge on any atom is -0.472 e. The lowest BCUT2D eigenvalue weighted by Gasteiger charge is -2.20. The third kappa shape index (κ3) is 1.90. The summed E-state index contributed by atoms with van der Waals surface area (Å²) >= 11 is 1.99. The number of rotatable bonds is 3. The van der Waals surface area contributed by atoms with Crippen LogP contribution in [0.25, 0.3) is 0 Å². The molecule has 3 nitrogen and oxygen atoms in total. The minimum absolute atomic E-state index is 0.242. The average Bonchev–Trinajstić information content (AvgIpc) is 2.76. The molecule has 0 bridgehead atoms. The van der Waals surface area contributed by atoms with E-state index in [0.29, 0.717) is 5.25 Å². The quantitative estimate of drug-likeness (QED) is 0.573. The van der Waals surface area contributed by atoms with Gasteiger partial charge in [0.05, 0.1) is 18.6 Å². The zero-order chi connectivity index (χ0) is 9.10. The Morgan fingerprint density at radius 3 is 3.15 bits per heavy atom. The number of furan rings is 1. The third-order valence-corrected chi connectivity index (χ3v) is 3.88. The molecule has 0 aliphatic carbocycles. The van der Waals surface area contributed by atoms with E-state index in [0.717, 1.165) is 5.56 Å². The van der Waals surface area contributed by atoms with Crippen molar-refractivity contribution in [3.8, 4) is 0 Å². The summed E-state index contributed by atoms with van der Waals surface area (Å²) in [6.07, 6.45) is 6.00. The summed E-state index contributed by atoms with van der Waals surface area (Å²) in [5.41, 5.74) is 4.02. The molecule has 0 spiro atoms. The fraction of sp³-hybridized carbons (Fsp3) is 0.556. The molecule has 1 aromatic heterocycles. The van der Waals surface area contributed by atoms with E-state index in [4.69, 9.17) is 10.3 Å². The second kappa shape index (κ2) is 4.17. The summed E-state index contributed by atoms with van der Waals surface area (Å²) in [4.78, 5) is 0. The second-order valence-corrected chi connectivity index (χ2v) is 4.60. The molecule has 1 aliphatic rings. The van der Waals surface area contributed by atoms with Crippen molar-refractivity contribution in [1.82, 2.24) is 5.43 Å². The summed E-state index contributed by atoms with van der Waals surface area (Å²) in [6.45, 7) is 0. The van der Waals surface area contributed by atoms with Gasteiger partial charge in [-0.1, -0.05) is 0 Å². The van der Waals surface area contributed by atoms with Crippen molar-refractivity contribution >= 4 is 11.8 Å². The van der Waals surface area contributed by atoms with Gasteiger partial charge in [0.1, 0.15) is 0 Å². The number of hydrazine groups is 1. The Morgan fingerprint density at radius 1 is 1.69 bits per heavy atom. The lowest BCUT2D eigenvalue weighted by molar-refractivity contribution is 0.505. The predicted molar refractivity (Wildman–Crippen MR) is 54.3 cm³/mol. The Morgan fingerprint density at radius 2 is 2.62 bits per heavy atom. The molecule has 0 aromatic carbocycles. The lowest BCUT2D eigenvalue weighted by atomic mass is 10.0. The van der Waals surface area contributed by atoms with Crippen LogP contribution in [-0.2, 0) is 0 Å². The van der Waals surface area contributed by atoms with Crippen molar-refractivity contribution in [3.05, 3.63) is 24.2 Å². The monoisotopic (exact) mass is 198 g/mol. The van der Waals surface area contributed by atoms with Gasteiger partial charge >= 0.3 is 0 Å². The first-order valence-electron chi connectivity index (χ1n) is 4.51. The van der Waals surface area contributed by atoms with E-state index < -0.39 is 0 Å². The van der Waals surface area contributed by atoms with Gasteiger partial charge in [-0.15, -0.1) is 0 Å². The van der Waals surface area contributed by atoms with Crippen LogP contribution in [0.15, 0.2) is 23.0 Å². The van der Waals surface area contributed by atoms with E-state index in [1.54, 1.807) is 12.5 Å². The molecule has 0 radical (unpaired) electrons. The van der Waals surface area contributed by atoms with E-state index in [2.05, 4.69) is 5.43 Å².